The molecule has 4 unspecified atom stereocenters. The summed E-state index contributed by atoms with van der Waals surface area (Å²) in [5.74, 6) is 0.877. The first kappa shape index (κ1) is 21.9. The Hall–Kier alpha value is -1.87. The predicted octanol–water partition coefficient (Wildman–Crippen LogP) is 2.35. The van der Waals surface area contributed by atoms with E-state index in [4.69, 9.17) is 28.4 Å². The van der Waals surface area contributed by atoms with Gasteiger partial charge in [-0.3, -0.25) is 4.79 Å². The molecule has 8 heteroatoms. The quantitative estimate of drug-likeness (QED) is 0.481. The van der Waals surface area contributed by atoms with E-state index in [1.54, 1.807) is 0 Å². The molecule has 1 aromatic rings. The van der Waals surface area contributed by atoms with Gasteiger partial charge in [0.1, 0.15) is 52.7 Å². The van der Waals surface area contributed by atoms with Gasteiger partial charge in [0.25, 0.3) is 5.91 Å². The summed E-state index contributed by atoms with van der Waals surface area (Å²) in [6, 6.07) is 3.79. The molecular weight excluding hydrogens is 414 g/mol. The molecular formula is C24H33NO7. The van der Waals surface area contributed by atoms with E-state index in [0.717, 1.165) is 5.56 Å². The molecule has 4 aliphatic heterocycles. The summed E-state index contributed by atoms with van der Waals surface area (Å²) in [6.45, 7) is 14.3. The van der Waals surface area contributed by atoms with Crippen molar-refractivity contribution in [3.05, 3.63) is 23.3 Å². The fourth-order valence-corrected chi connectivity index (χ4v) is 3.63. The Morgan fingerprint density at radius 2 is 1.19 bits per heavy atom. The molecule has 4 fully saturated rings. The highest BCUT2D eigenvalue weighted by molar-refractivity contribution is 6.00. The Labute approximate surface area is 189 Å². The van der Waals surface area contributed by atoms with Crippen LogP contribution in [0.3, 0.4) is 0 Å². The second kappa shape index (κ2) is 7.32. The SMILES string of the molecule is Cc1cc(OCC2(C)CO2)c(C(=O)N(CC2(C)CO2)CC2(C)CO2)c(OCC2(C)CO2)c1. The molecule has 4 saturated heterocycles. The first-order valence-corrected chi connectivity index (χ1v) is 11.3. The molecule has 4 atom stereocenters. The van der Waals surface area contributed by atoms with Gasteiger partial charge < -0.3 is 33.3 Å². The summed E-state index contributed by atoms with van der Waals surface area (Å²) < 4.78 is 34.4. The smallest absolute Gasteiger partial charge is 0.261 e. The lowest BCUT2D eigenvalue weighted by molar-refractivity contribution is 0.0651. The van der Waals surface area contributed by atoms with Crippen molar-refractivity contribution in [2.45, 2.75) is 57.0 Å². The number of hydrogen-bond acceptors (Lipinski definition) is 7. The molecule has 0 N–H and O–H groups in total. The topological polar surface area (TPSA) is 88.9 Å². The maximum absolute atomic E-state index is 14.0. The summed E-state index contributed by atoms with van der Waals surface area (Å²) in [4.78, 5) is 15.8. The molecule has 0 aromatic heterocycles. The monoisotopic (exact) mass is 447 g/mol. The Kier molecular flexibility index (Phi) is 5.02. The van der Waals surface area contributed by atoms with E-state index in [0.29, 0.717) is 69.8 Å². The second-order valence-corrected chi connectivity index (χ2v) is 10.8. The number of aryl methyl sites for hydroxylation is 1. The van der Waals surface area contributed by atoms with E-state index in [1.165, 1.54) is 0 Å². The Bertz CT molecular complexity index is 850. The van der Waals surface area contributed by atoms with Crippen LogP contribution in [-0.4, -0.2) is 85.9 Å². The molecule has 4 aliphatic rings. The third-order valence-electron chi connectivity index (χ3n) is 6.38. The van der Waals surface area contributed by atoms with Crippen LogP contribution in [0.15, 0.2) is 12.1 Å². The molecule has 1 amide bonds. The highest BCUT2D eigenvalue weighted by Gasteiger charge is 2.48. The maximum Gasteiger partial charge on any atom is 0.261 e. The van der Waals surface area contributed by atoms with E-state index >= 15 is 0 Å². The Morgan fingerprint density at radius 1 is 0.812 bits per heavy atom. The first-order valence-electron chi connectivity index (χ1n) is 11.3. The fraction of sp³-hybridized carbons (Fsp3) is 0.708. The number of rotatable bonds is 11. The lowest BCUT2D eigenvalue weighted by atomic mass is 10.0. The summed E-state index contributed by atoms with van der Waals surface area (Å²) >= 11 is 0. The van der Waals surface area contributed by atoms with Gasteiger partial charge in [-0.25, -0.2) is 0 Å². The highest BCUT2D eigenvalue weighted by Crippen LogP contribution is 2.38. The minimum atomic E-state index is -0.321. The molecule has 32 heavy (non-hydrogen) atoms. The number of carbonyl (C=O) groups is 1. The zero-order valence-electron chi connectivity index (χ0n) is 19.6. The van der Waals surface area contributed by atoms with Gasteiger partial charge >= 0.3 is 0 Å². The van der Waals surface area contributed by atoms with E-state index in [-0.39, 0.29) is 28.3 Å². The lowest BCUT2D eigenvalue weighted by Gasteiger charge is -2.28. The second-order valence-electron chi connectivity index (χ2n) is 10.8. The number of epoxide rings is 4. The van der Waals surface area contributed by atoms with Gasteiger partial charge in [-0.15, -0.1) is 0 Å². The highest BCUT2D eigenvalue weighted by atomic mass is 16.6. The zero-order chi connectivity index (χ0) is 22.8. The summed E-state index contributed by atoms with van der Waals surface area (Å²) in [5, 5.41) is 0. The maximum atomic E-state index is 14.0. The molecule has 0 bridgehead atoms. The molecule has 0 radical (unpaired) electrons. The average Bonchev–Trinajstić information content (AvgIpc) is 3.53. The van der Waals surface area contributed by atoms with Gasteiger partial charge in [-0.1, -0.05) is 0 Å². The summed E-state index contributed by atoms with van der Waals surface area (Å²) in [6.07, 6.45) is 0. The Morgan fingerprint density at radius 3 is 1.53 bits per heavy atom. The number of carbonyl (C=O) groups excluding carboxylic acids is 1. The summed E-state index contributed by atoms with van der Waals surface area (Å²) in [5.41, 5.74) is 0.140. The van der Waals surface area contributed by atoms with Gasteiger partial charge in [0.05, 0.1) is 39.5 Å². The number of amides is 1. The molecule has 0 saturated carbocycles. The average molecular weight is 448 g/mol. The zero-order valence-corrected chi connectivity index (χ0v) is 19.6. The van der Waals surface area contributed by atoms with Crippen molar-refractivity contribution in [2.24, 2.45) is 0 Å². The molecule has 0 aliphatic carbocycles. The fourth-order valence-electron chi connectivity index (χ4n) is 3.63. The minimum Gasteiger partial charge on any atom is -0.490 e. The third-order valence-corrected chi connectivity index (χ3v) is 6.38. The predicted molar refractivity (Wildman–Crippen MR) is 116 cm³/mol. The molecule has 8 nitrogen and oxygen atoms in total. The van der Waals surface area contributed by atoms with Gasteiger partial charge in [-0.05, 0) is 52.3 Å². The van der Waals surface area contributed by atoms with Crippen LogP contribution >= 0.6 is 0 Å². The van der Waals surface area contributed by atoms with Crippen LogP contribution in [0.1, 0.15) is 43.6 Å². The number of hydrogen-bond donors (Lipinski definition) is 0. The number of ether oxygens (including phenoxy) is 6. The van der Waals surface area contributed by atoms with Gasteiger partial charge in [-0.2, -0.15) is 0 Å². The van der Waals surface area contributed by atoms with Crippen LogP contribution in [0.25, 0.3) is 0 Å². The van der Waals surface area contributed by atoms with Crippen molar-refractivity contribution in [3.8, 4) is 11.5 Å². The normalized spacial score (nSPS) is 36.4. The molecule has 176 valence electrons. The lowest BCUT2D eigenvalue weighted by Crippen LogP contribution is -2.43. The van der Waals surface area contributed by atoms with Crippen LogP contribution in [0.2, 0.25) is 0 Å². The van der Waals surface area contributed by atoms with Crippen LogP contribution in [0, 0.1) is 6.92 Å². The minimum absolute atomic E-state index is 0.146. The largest absolute Gasteiger partial charge is 0.490 e. The standard InChI is InChI=1S/C24H33NO7/c1-16-6-17(27-10-23(4)14-31-23)19(18(7-16)28-11-24(5)15-32-24)20(26)25(8-21(2)12-29-21)9-22(3)13-30-22/h6-7H,8-15H2,1-5H3. The molecule has 4 heterocycles. The third kappa shape index (κ3) is 5.03. The van der Waals surface area contributed by atoms with Crippen molar-refractivity contribution < 1.29 is 33.2 Å². The van der Waals surface area contributed by atoms with E-state index in [1.807, 2.05) is 51.7 Å². The van der Waals surface area contributed by atoms with Crippen LogP contribution < -0.4 is 9.47 Å². The van der Waals surface area contributed by atoms with Crippen LogP contribution in [0.4, 0.5) is 0 Å². The van der Waals surface area contributed by atoms with E-state index in [2.05, 4.69) is 0 Å². The van der Waals surface area contributed by atoms with Gasteiger partial charge in [0, 0.05) is 0 Å². The van der Waals surface area contributed by atoms with Crippen molar-refractivity contribution in [3.63, 3.8) is 0 Å². The van der Waals surface area contributed by atoms with Crippen LogP contribution in [0.5, 0.6) is 11.5 Å². The molecule has 5 rings (SSSR count). The van der Waals surface area contributed by atoms with Crippen LogP contribution in [-0.2, 0) is 18.9 Å². The van der Waals surface area contributed by atoms with Crippen molar-refractivity contribution in [2.75, 3.05) is 52.7 Å². The summed E-state index contributed by atoms with van der Waals surface area (Å²) in [7, 11) is 0. The number of nitrogens with zero attached hydrogens (tertiary/aromatic N) is 1. The van der Waals surface area contributed by atoms with Gasteiger partial charge in [0.2, 0.25) is 0 Å². The molecule has 0 spiro atoms. The van der Waals surface area contributed by atoms with Crippen molar-refractivity contribution >= 4 is 5.91 Å². The molecule has 1 aromatic carbocycles. The van der Waals surface area contributed by atoms with Crippen molar-refractivity contribution in [1.29, 1.82) is 0 Å². The van der Waals surface area contributed by atoms with E-state index < -0.39 is 0 Å². The Balaban J connectivity index is 1.46. The van der Waals surface area contributed by atoms with Gasteiger partial charge in [0.15, 0.2) is 0 Å². The first-order chi connectivity index (χ1) is 15.0. The number of benzene rings is 1. The van der Waals surface area contributed by atoms with Crippen molar-refractivity contribution in [1.82, 2.24) is 4.90 Å². The van der Waals surface area contributed by atoms with E-state index in [9.17, 15) is 4.79 Å².